The highest BCUT2D eigenvalue weighted by molar-refractivity contribution is 6.19. The standard InChI is InChI=1S/C22H21N3O6/c26-18(10-11-19(27)28)24-13-12-17-20(24)21(29)25(22(30)23-17)14-6-8-16(9-7-14)31-15-4-2-1-3-5-15/h1-9,17,20H,10-13H2,(H,23,30)(H,27,28). The van der Waals surface area contributed by atoms with Crippen molar-refractivity contribution in [3.05, 3.63) is 54.6 Å². The van der Waals surface area contributed by atoms with E-state index in [1.54, 1.807) is 24.3 Å². The maximum Gasteiger partial charge on any atom is 0.329 e. The van der Waals surface area contributed by atoms with E-state index in [2.05, 4.69) is 5.32 Å². The van der Waals surface area contributed by atoms with Crippen LogP contribution in [-0.2, 0) is 14.4 Å². The van der Waals surface area contributed by atoms with Gasteiger partial charge in [0, 0.05) is 13.0 Å². The summed E-state index contributed by atoms with van der Waals surface area (Å²) in [6.07, 6.45) is -0.0518. The van der Waals surface area contributed by atoms with E-state index < -0.39 is 35.9 Å². The smallest absolute Gasteiger partial charge is 0.329 e. The highest BCUT2D eigenvalue weighted by Gasteiger charge is 2.49. The summed E-state index contributed by atoms with van der Waals surface area (Å²) in [5.74, 6) is -0.792. The molecule has 2 fully saturated rings. The number of carboxylic acids is 1. The molecule has 9 heteroatoms. The molecule has 2 unspecified atom stereocenters. The second-order valence-corrected chi connectivity index (χ2v) is 7.35. The minimum atomic E-state index is -1.08. The van der Waals surface area contributed by atoms with Crippen molar-refractivity contribution in [2.75, 3.05) is 11.4 Å². The molecule has 2 heterocycles. The number of nitrogens with zero attached hydrogens (tertiary/aromatic N) is 2. The third-order valence-corrected chi connectivity index (χ3v) is 5.33. The molecule has 9 nitrogen and oxygen atoms in total. The van der Waals surface area contributed by atoms with Gasteiger partial charge in [-0.25, -0.2) is 9.69 Å². The minimum Gasteiger partial charge on any atom is -0.481 e. The molecule has 0 radical (unpaired) electrons. The molecule has 0 aromatic heterocycles. The number of aliphatic carboxylic acids is 1. The summed E-state index contributed by atoms with van der Waals surface area (Å²) in [7, 11) is 0. The van der Waals surface area contributed by atoms with E-state index in [1.165, 1.54) is 4.90 Å². The zero-order valence-corrected chi connectivity index (χ0v) is 16.6. The highest BCUT2D eigenvalue weighted by Crippen LogP contribution is 2.30. The van der Waals surface area contributed by atoms with E-state index in [0.717, 1.165) is 4.90 Å². The van der Waals surface area contributed by atoms with Crippen molar-refractivity contribution in [3.63, 3.8) is 0 Å². The van der Waals surface area contributed by atoms with Crippen molar-refractivity contribution in [2.24, 2.45) is 0 Å². The van der Waals surface area contributed by atoms with Crippen LogP contribution in [0.5, 0.6) is 11.5 Å². The first kappa shape index (κ1) is 20.4. The Morgan fingerprint density at radius 2 is 1.68 bits per heavy atom. The number of amides is 4. The Morgan fingerprint density at radius 1 is 1.00 bits per heavy atom. The lowest BCUT2D eigenvalue weighted by molar-refractivity contribution is -0.142. The maximum atomic E-state index is 13.2. The van der Waals surface area contributed by atoms with Gasteiger partial charge in [-0.2, -0.15) is 0 Å². The normalized spacial score (nSPS) is 20.3. The molecule has 0 saturated carbocycles. The fraction of sp³-hybridized carbons (Fsp3) is 0.273. The first-order valence-corrected chi connectivity index (χ1v) is 9.93. The summed E-state index contributed by atoms with van der Waals surface area (Å²) in [6.45, 7) is 0.289. The first-order valence-electron chi connectivity index (χ1n) is 9.93. The molecule has 2 aliphatic rings. The van der Waals surface area contributed by atoms with Gasteiger partial charge in [-0.05, 0) is 42.8 Å². The van der Waals surface area contributed by atoms with Gasteiger partial charge in [0.05, 0.1) is 18.2 Å². The number of carboxylic acid groups (broad SMARTS) is 1. The molecular weight excluding hydrogens is 402 g/mol. The van der Waals surface area contributed by atoms with Gasteiger partial charge in [0.2, 0.25) is 5.91 Å². The van der Waals surface area contributed by atoms with Crippen molar-refractivity contribution in [1.29, 1.82) is 0 Å². The molecule has 2 N–H and O–H groups in total. The van der Waals surface area contributed by atoms with Gasteiger partial charge in [0.15, 0.2) is 0 Å². The van der Waals surface area contributed by atoms with Gasteiger partial charge in [0.25, 0.3) is 5.91 Å². The number of imide groups is 1. The molecule has 2 aromatic rings. The molecular formula is C22H21N3O6. The number of likely N-dealkylation sites (tertiary alicyclic amines) is 1. The van der Waals surface area contributed by atoms with Crippen LogP contribution in [0.1, 0.15) is 19.3 Å². The van der Waals surface area contributed by atoms with E-state index in [9.17, 15) is 19.2 Å². The van der Waals surface area contributed by atoms with Crippen LogP contribution in [-0.4, -0.2) is 52.4 Å². The lowest BCUT2D eigenvalue weighted by Gasteiger charge is -2.36. The second-order valence-electron chi connectivity index (χ2n) is 7.35. The van der Waals surface area contributed by atoms with Crippen molar-refractivity contribution in [3.8, 4) is 11.5 Å². The Labute approximate surface area is 178 Å². The largest absolute Gasteiger partial charge is 0.481 e. The number of carbonyl (C=O) groups excluding carboxylic acids is 3. The number of para-hydroxylation sites is 1. The van der Waals surface area contributed by atoms with Crippen LogP contribution >= 0.6 is 0 Å². The third-order valence-electron chi connectivity index (χ3n) is 5.33. The number of anilines is 1. The number of rotatable bonds is 6. The Morgan fingerprint density at radius 3 is 2.35 bits per heavy atom. The fourth-order valence-electron chi connectivity index (χ4n) is 3.87. The Balaban J connectivity index is 1.50. The minimum absolute atomic E-state index is 0.189. The topological polar surface area (TPSA) is 116 Å². The zero-order valence-electron chi connectivity index (χ0n) is 16.6. The number of nitrogens with one attached hydrogen (secondary N) is 1. The lowest BCUT2D eigenvalue weighted by Crippen LogP contribution is -2.65. The molecule has 0 aliphatic carbocycles. The monoisotopic (exact) mass is 423 g/mol. The Bertz CT molecular complexity index is 1010. The SMILES string of the molecule is O=C(O)CCC(=O)N1CCC2NC(=O)N(c3ccc(Oc4ccccc4)cc3)C(=O)C21. The van der Waals surface area contributed by atoms with E-state index in [1.807, 2.05) is 30.3 Å². The Hall–Kier alpha value is -3.88. The molecule has 31 heavy (non-hydrogen) atoms. The van der Waals surface area contributed by atoms with Crippen LogP contribution < -0.4 is 15.0 Å². The highest BCUT2D eigenvalue weighted by atomic mass is 16.5. The van der Waals surface area contributed by atoms with E-state index in [0.29, 0.717) is 23.6 Å². The molecule has 160 valence electrons. The van der Waals surface area contributed by atoms with E-state index >= 15 is 0 Å². The van der Waals surface area contributed by atoms with Crippen LogP contribution in [0.3, 0.4) is 0 Å². The molecule has 0 bridgehead atoms. The van der Waals surface area contributed by atoms with Gasteiger partial charge in [0.1, 0.15) is 17.5 Å². The summed E-state index contributed by atoms with van der Waals surface area (Å²) in [5.41, 5.74) is 0.353. The fourth-order valence-corrected chi connectivity index (χ4v) is 3.87. The van der Waals surface area contributed by atoms with Crippen LogP contribution in [0.4, 0.5) is 10.5 Å². The predicted octanol–water partition coefficient (Wildman–Crippen LogP) is 2.37. The average Bonchev–Trinajstić information content (AvgIpc) is 3.18. The van der Waals surface area contributed by atoms with Crippen molar-refractivity contribution < 1.29 is 29.0 Å². The number of hydrogen-bond acceptors (Lipinski definition) is 5. The van der Waals surface area contributed by atoms with Crippen molar-refractivity contribution in [1.82, 2.24) is 10.2 Å². The molecule has 2 aliphatic heterocycles. The van der Waals surface area contributed by atoms with Gasteiger partial charge >= 0.3 is 12.0 Å². The lowest BCUT2D eigenvalue weighted by atomic mass is 10.0. The summed E-state index contributed by atoms with van der Waals surface area (Å²) >= 11 is 0. The summed E-state index contributed by atoms with van der Waals surface area (Å²) in [6, 6.07) is 13.8. The van der Waals surface area contributed by atoms with Crippen LogP contribution in [0.25, 0.3) is 0 Å². The number of carbonyl (C=O) groups is 4. The van der Waals surface area contributed by atoms with Gasteiger partial charge in [-0.15, -0.1) is 0 Å². The van der Waals surface area contributed by atoms with Gasteiger partial charge in [-0.1, -0.05) is 18.2 Å². The van der Waals surface area contributed by atoms with Crippen LogP contribution in [0.2, 0.25) is 0 Å². The summed E-state index contributed by atoms with van der Waals surface area (Å²) in [5, 5.41) is 11.6. The molecule has 4 amide bonds. The number of urea groups is 1. The summed E-state index contributed by atoms with van der Waals surface area (Å²) in [4.78, 5) is 51.4. The molecule has 4 rings (SSSR count). The van der Waals surface area contributed by atoms with Gasteiger partial charge in [-0.3, -0.25) is 14.4 Å². The second kappa shape index (κ2) is 8.47. The number of ether oxygens (including phenoxy) is 1. The van der Waals surface area contributed by atoms with Crippen LogP contribution in [0.15, 0.2) is 54.6 Å². The zero-order chi connectivity index (χ0) is 22.0. The average molecular weight is 423 g/mol. The molecule has 2 atom stereocenters. The molecule has 2 saturated heterocycles. The molecule has 0 spiro atoms. The summed E-state index contributed by atoms with van der Waals surface area (Å²) < 4.78 is 5.73. The quantitative estimate of drug-likeness (QED) is 0.737. The van der Waals surface area contributed by atoms with Crippen molar-refractivity contribution >= 4 is 29.5 Å². The van der Waals surface area contributed by atoms with E-state index in [4.69, 9.17) is 9.84 Å². The van der Waals surface area contributed by atoms with Crippen molar-refractivity contribution in [2.45, 2.75) is 31.3 Å². The maximum absolute atomic E-state index is 13.2. The number of hydrogen-bond donors (Lipinski definition) is 2. The first-order chi connectivity index (χ1) is 14.9. The van der Waals surface area contributed by atoms with Crippen LogP contribution in [0, 0.1) is 0 Å². The molecule has 2 aromatic carbocycles. The predicted molar refractivity (Wildman–Crippen MR) is 110 cm³/mol. The third kappa shape index (κ3) is 4.20. The van der Waals surface area contributed by atoms with Gasteiger partial charge < -0.3 is 20.1 Å². The Kier molecular flexibility index (Phi) is 5.57. The number of fused-ring (bicyclic) bond motifs is 1. The number of benzene rings is 2. The van der Waals surface area contributed by atoms with E-state index in [-0.39, 0.29) is 19.4 Å².